The molecule has 0 bridgehead atoms. The van der Waals surface area contributed by atoms with Crippen LogP contribution in [0.2, 0.25) is 0 Å². The average Bonchev–Trinajstić information content (AvgIpc) is 2.54. The van der Waals surface area contributed by atoms with Gasteiger partial charge < -0.3 is 0 Å². The van der Waals surface area contributed by atoms with Crippen LogP contribution in [0.4, 0.5) is 0 Å². The number of rotatable bonds is 1. The van der Waals surface area contributed by atoms with Crippen molar-refractivity contribution in [3.8, 4) is 0 Å². The summed E-state index contributed by atoms with van der Waals surface area (Å²) in [6.45, 7) is 2.10. The first-order valence-electron chi connectivity index (χ1n) is 5.05. The summed E-state index contributed by atoms with van der Waals surface area (Å²) in [5.74, 6) is 0.730. The van der Waals surface area contributed by atoms with Gasteiger partial charge in [-0.3, -0.25) is 4.98 Å². The van der Waals surface area contributed by atoms with Crippen LogP contribution in [0.25, 0.3) is 10.2 Å². The SMILES string of the molecule is Cc1ncc2scnc2c1C1CCC1. The molecule has 3 heteroatoms. The summed E-state index contributed by atoms with van der Waals surface area (Å²) in [5.41, 5.74) is 5.71. The van der Waals surface area contributed by atoms with Gasteiger partial charge in [-0.2, -0.15) is 0 Å². The van der Waals surface area contributed by atoms with E-state index in [4.69, 9.17) is 0 Å². The Kier molecular flexibility index (Phi) is 1.80. The van der Waals surface area contributed by atoms with Gasteiger partial charge in [0.05, 0.1) is 15.7 Å². The zero-order valence-electron chi connectivity index (χ0n) is 8.16. The lowest BCUT2D eigenvalue weighted by molar-refractivity contribution is 0.419. The fraction of sp³-hybridized carbons (Fsp3) is 0.455. The highest BCUT2D eigenvalue weighted by Gasteiger charge is 2.24. The molecule has 0 aromatic carbocycles. The van der Waals surface area contributed by atoms with Gasteiger partial charge in [-0.15, -0.1) is 11.3 Å². The monoisotopic (exact) mass is 204 g/mol. The van der Waals surface area contributed by atoms with Crippen molar-refractivity contribution in [1.29, 1.82) is 0 Å². The molecule has 2 nitrogen and oxygen atoms in total. The third-order valence-corrected chi connectivity index (χ3v) is 3.89. The lowest BCUT2D eigenvalue weighted by Crippen LogP contribution is -2.11. The maximum atomic E-state index is 4.46. The largest absolute Gasteiger partial charge is 0.260 e. The van der Waals surface area contributed by atoms with Crippen molar-refractivity contribution in [1.82, 2.24) is 9.97 Å². The first-order chi connectivity index (χ1) is 6.86. The molecule has 0 spiro atoms. The molecule has 1 saturated carbocycles. The normalized spacial score (nSPS) is 17.2. The maximum absolute atomic E-state index is 4.46. The minimum atomic E-state index is 0.730. The summed E-state index contributed by atoms with van der Waals surface area (Å²) < 4.78 is 1.23. The molecule has 2 heterocycles. The number of aromatic nitrogens is 2. The first-order valence-corrected chi connectivity index (χ1v) is 5.93. The molecule has 1 aliphatic rings. The Morgan fingerprint density at radius 2 is 2.21 bits per heavy atom. The number of hydrogen-bond donors (Lipinski definition) is 0. The Labute approximate surface area is 87.0 Å². The lowest BCUT2D eigenvalue weighted by atomic mass is 9.79. The van der Waals surface area contributed by atoms with Gasteiger partial charge in [-0.1, -0.05) is 6.42 Å². The van der Waals surface area contributed by atoms with Gasteiger partial charge in [0.2, 0.25) is 0 Å². The second-order valence-corrected chi connectivity index (χ2v) is 4.84. The van der Waals surface area contributed by atoms with Crippen LogP contribution in [-0.2, 0) is 0 Å². The maximum Gasteiger partial charge on any atom is 0.0880 e. The van der Waals surface area contributed by atoms with Crippen LogP contribution in [0.1, 0.15) is 36.4 Å². The van der Waals surface area contributed by atoms with Crippen LogP contribution < -0.4 is 0 Å². The van der Waals surface area contributed by atoms with Gasteiger partial charge in [-0.05, 0) is 25.7 Å². The summed E-state index contributed by atoms with van der Waals surface area (Å²) in [6, 6.07) is 0. The summed E-state index contributed by atoms with van der Waals surface area (Å²) in [5, 5.41) is 0. The Morgan fingerprint density at radius 3 is 2.93 bits per heavy atom. The quantitative estimate of drug-likeness (QED) is 0.712. The molecule has 0 N–H and O–H groups in total. The van der Waals surface area contributed by atoms with Crippen molar-refractivity contribution in [2.75, 3.05) is 0 Å². The van der Waals surface area contributed by atoms with Crippen molar-refractivity contribution < 1.29 is 0 Å². The van der Waals surface area contributed by atoms with Gasteiger partial charge in [0.1, 0.15) is 0 Å². The molecule has 0 amide bonds. The molecule has 3 rings (SSSR count). The van der Waals surface area contributed by atoms with E-state index in [2.05, 4.69) is 16.9 Å². The lowest BCUT2D eigenvalue weighted by Gasteiger charge is -2.26. The van der Waals surface area contributed by atoms with E-state index in [9.17, 15) is 0 Å². The van der Waals surface area contributed by atoms with E-state index in [-0.39, 0.29) is 0 Å². The summed E-state index contributed by atoms with van der Waals surface area (Å²) in [7, 11) is 0. The van der Waals surface area contributed by atoms with Crippen LogP contribution in [0, 0.1) is 6.92 Å². The molecular formula is C11H12N2S. The molecular weight excluding hydrogens is 192 g/mol. The molecule has 72 valence electrons. The standard InChI is InChI=1S/C11H12N2S/c1-7-10(8-3-2-4-8)11-9(5-12-7)14-6-13-11/h5-6,8H,2-4H2,1H3. The van der Waals surface area contributed by atoms with Crippen molar-refractivity contribution in [3.63, 3.8) is 0 Å². The number of aryl methyl sites for hydroxylation is 1. The minimum absolute atomic E-state index is 0.730. The Bertz CT molecular complexity index is 471. The second kappa shape index (κ2) is 3.02. The van der Waals surface area contributed by atoms with Crippen LogP contribution in [-0.4, -0.2) is 9.97 Å². The predicted octanol–water partition coefficient (Wildman–Crippen LogP) is 3.27. The highest BCUT2D eigenvalue weighted by atomic mass is 32.1. The molecule has 0 atom stereocenters. The van der Waals surface area contributed by atoms with E-state index in [1.165, 1.54) is 40.7 Å². The Balaban J connectivity index is 2.26. The first kappa shape index (κ1) is 8.36. The number of fused-ring (bicyclic) bond motifs is 1. The highest BCUT2D eigenvalue weighted by Crippen LogP contribution is 2.40. The van der Waals surface area contributed by atoms with Crippen molar-refractivity contribution in [3.05, 3.63) is 23.0 Å². The summed E-state index contributed by atoms with van der Waals surface area (Å²) in [4.78, 5) is 8.91. The van der Waals surface area contributed by atoms with Crippen molar-refractivity contribution in [2.24, 2.45) is 0 Å². The van der Waals surface area contributed by atoms with E-state index in [0.717, 1.165) is 5.92 Å². The van der Waals surface area contributed by atoms with E-state index >= 15 is 0 Å². The third-order valence-electron chi connectivity index (χ3n) is 3.13. The third kappa shape index (κ3) is 1.08. The summed E-state index contributed by atoms with van der Waals surface area (Å²) >= 11 is 1.69. The molecule has 1 fully saturated rings. The average molecular weight is 204 g/mol. The molecule has 14 heavy (non-hydrogen) atoms. The van der Waals surface area contributed by atoms with E-state index in [0.29, 0.717) is 0 Å². The van der Waals surface area contributed by atoms with Crippen LogP contribution in [0.5, 0.6) is 0 Å². The van der Waals surface area contributed by atoms with Crippen molar-refractivity contribution in [2.45, 2.75) is 32.1 Å². The number of thiazole rings is 1. The van der Waals surface area contributed by atoms with Crippen molar-refractivity contribution >= 4 is 21.6 Å². The van der Waals surface area contributed by atoms with Gasteiger partial charge in [-0.25, -0.2) is 4.98 Å². The van der Waals surface area contributed by atoms with Gasteiger partial charge in [0, 0.05) is 17.5 Å². The zero-order chi connectivity index (χ0) is 9.54. The van der Waals surface area contributed by atoms with E-state index in [1.807, 2.05) is 11.7 Å². The summed E-state index contributed by atoms with van der Waals surface area (Å²) in [6.07, 6.45) is 5.95. The molecule has 0 saturated heterocycles. The molecule has 2 aromatic rings. The molecule has 2 aromatic heterocycles. The smallest absolute Gasteiger partial charge is 0.0880 e. The molecule has 0 aliphatic heterocycles. The topological polar surface area (TPSA) is 25.8 Å². The van der Waals surface area contributed by atoms with Crippen LogP contribution >= 0.6 is 11.3 Å². The fourth-order valence-electron chi connectivity index (χ4n) is 2.13. The Hall–Kier alpha value is -0.960. The van der Waals surface area contributed by atoms with E-state index < -0.39 is 0 Å². The predicted molar refractivity (Wildman–Crippen MR) is 58.7 cm³/mol. The molecule has 0 unspecified atom stereocenters. The zero-order valence-corrected chi connectivity index (χ0v) is 8.97. The van der Waals surface area contributed by atoms with Gasteiger partial charge in [0.25, 0.3) is 0 Å². The number of nitrogens with zero attached hydrogens (tertiary/aromatic N) is 2. The fourth-order valence-corrected chi connectivity index (χ4v) is 2.79. The van der Waals surface area contributed by atoms with Gasteiger partial charge in [0.15, 0.2) is 0 Å². The number of pyridine rings is 1. The minimum Gasteiger partial charge on any atom is -0.260 e. The molecule has 1 aliphatic carbocycles. The van der Waals surface area contributed by atoms with E-state index in [1.54, 1.807) is 11.3 Å². The second-order valence-electron chi connectivity index (χ2n) is 3.95. The van der Waals surface area contributed by atoms with Crippen LogP contribution in [0.15, 0.2) is 11.7 Å². The van der Waals surface area contributed by atoms with Crippen LogP contribution in [0.3, 0.4) is 0 Å². The number of hydrogen-bond acceptors (Lipinski definition) is 3. The Morgan fingerprint density at radius 1 is 1.36 bits per heavy atom. The molecule has 0 radical (unpaired) electrons. The van der Waals surface area contributed by atoms with Gasteiger partial charge >= 0.3 is 0 Å². The highest BCUT2D eigenvalue weighted by molar-refractivity contribution is 7.16.